The highest BCUT2D eigenvalue weighted by molar-refractivity contribution is 7.90. The Kier molecular flexibility index (Phi) is 7.23. The molecule has 0 N–H and O–H groups in total. The second-order valence-electron chi connectivity index (χ2n) is 8.50. The molecular formula is C21H28FN3O5S. The lowest BCUT2D eigenvalue weighted by Crippen LogP contribution is -2.43. The zero-order valence-corrected chi connectivity index (χ0v) is 19.2. The number of hydrogen-bond donors (Lipinski definition) is 0. The van der Waals surface area contributed by atoms with Crippen LogP contribution in [0.1, 0.15) is 52.5 Å². The van der Waals surface area contributed by atoms with Crippen LogP contribution in [0, 0.1) is 5.82 Å². The first-order valence-corrected chi connectivity index (χ1v) is 11.7. The van der Waals surface area contributed by atoms with Crippen molar-refractivity contribution in [2.45, 2.75) is 63.2 Å². The Morgan fingerprint density at radius 2 is 2.03 bits per heavy atom. The van der Waals surface area contributed by atoms with Crippen LogP contribution < -0.4 is 0 Å². The second-order valence-corrected chi connectivity index (χ2v) is 9.85. The van der Waals surface area contributed by atoms with Gasteiger partial charge in [-0.2, -0.15) is 4.98 Å². The first-order chi connectivity index (χ1) is 14.5. The Labute approximate surface area is 184 Å². The average Bonchev–Trinajstić information content (AvgIpc) is 3.17. The Morgan fingerprint density at radius 3 is 2.61 bits per heavy atom. The quantitative estimate of drug-likeness (QED) is 0.629. The topological polar surface area (TPSA) is 101 Å². The summed E-state index contributed by atoms with van der Waals surface area (Å²) in [4.78, 5) is 18.3. The minimum Gasteiger partial charge on any atom is -0.612 e. The standard InChI is InChI=1S/C21H28FN3O5S/c1-13(28-15-8-10-25(11-9-15)20(26)29-21(2,3)4)19-23-18(24-30-19)14-6-7-17(31(5)27)16(22)12-14/h6-7,12-13,15H,8-11H2,1-5H3. The van der Waals surface area contributed by atoms with Gasteiger partial charge in [-0.3, -0.25) is 0 Å². The highest BCUT2D eigenvalue weighted by atomic mass is 32.2. The van der Waals surface area contributed by atoms with Gasteiger partial charge in [0.25, 0.3) is 5.89 Å². The highest BCUT2D eigenvalue weighted by Gasteiger charge is 2.29. The van der Waals surface area contributed by atoms with Crippen molar-refractivity contribution in [2.24, 2.45) is 0 Å². The molecule has 0 aliphatic carbocycles. The number of piperidine rings is 1. The van der Waals surface area contributed by atoms with E-state index in [9.17, 15) is 13.7 Å². The Balaban J connectivity index is 1.56. The van der Waals surface area contributed by atoms with Crippen molar-refractivity contribution in [1.29, 1.82) is 0 Å². The summed E-state index contributed by atoms with van der Waals surface area (Å²) in [5.41, 5.74) is -0.0922. The van der Waals surface area contributed by atoms with Crippen molar-refractivity contribution in [3.05, 3.63) is 29.9 Å². The van der Waals surface area contributed by atoms with Crippen molar-refractivity contribution in [3.8, 4) is 11.4 Å². The van der Waals surface area contributed by atoms with E-state index in [-0.39, 0.29) is 28.8 Å². The number of hydrogen-bond acceptors (Lipinski definition) is 7. The maximum Gasteiger partial charge on any atom is 0.410 e. The molecule has 1 aliphatic heterocycles. The van der Waals surface area contributed by atoms with Gasteiger partial charge in [-0.25, -0.2) is 9.18 Å². The van der Waals surface area contributed by atoms with Crippen molar-refractivity contribution in [2.75, 3.05) is 19.3 Å². The van der Waals surface area contributed by atoms with Gasteiger partial charge in [0.1, 0.15) is 18.0 Å². The van der Waals surface area contributed by atoms with E-state index in [1.165, 1.54) is 18.4 Å². The van der Waals surface area contributed by atoms with E-state index in [0.29, 0.717) is 31.5 Å². The lowest BCUT2D eigenvalue weighted by Gasteiger charge is -2.34. The molecule has 0 spiro atoms. The number of rotatable bonds is 5. The van der Waals surface area contributed by atoms with E-state index in [1.54, 1.807) is 17.9 Å². The monoisotopic (exact) mass is 453 g/mol. The van der Waals surface area contributed by atoms with Gasteiger partial charge in [0.15, 0.2) is 10.7 Å². The molecule has 2 aromatic rings. The number of aromatic nitrogens is 2. The summed E-state index contributed by atoms with van der Waals surface area (Å²) in [5.74, 6) is -0.0589. The van der Waals surface area contributed by atoms with Crippen LogP contribution in [0.2, 0.25) is 0 Å². The molecule has 170 valence electrons. The predicted octanol–water partition coefficient (Wildman–Crippen LogP) is 4.09. The molecule has 1 aliphatic rings. The third-order valence-electron chi connectivity index (χ3n) is 4.78. The molecule has 1 saturated heterocycles. The number of likely N-dealkylation sites (tertiary alicyclic amines) is 1. The van der Waals surface area contributed by atoms with Crippen LogP contribution in [-0.2, 0) is 20.6 Å². The molecule has 31 heavy (non-hydrogen) atoms. The van der Waals surface area contributed by atoms with Crippen molar-refractivity contribution < 1.29 is 27.7 Å². The lowest BCUT2D eigenvalue weighted by atomic mass is 10.1. The number of ether oxygens (including phenoxy) is 2. The van der Waals surface area contributed by atoms with Gasteiger partial charge >= 0.3 is 6.09 Å². The van der Waals surface area contributed by atoms with Crippen molar-refractivity contribution in [1.82, 2.24) is 15.0 Å². The largest absolute Gasteiger partial charge is 0.612 e. The summed E-state index contributed by atoms with van der Waals surface area (Å²) in [6, 6.07) is 4.30. The first kappa shape index (κ1) is 23.5. The van der Waals surface area contributed by atoms with E-state index < -0.39 is 28.7 Å². The maximum atomic E-state index is 14.1. The van der Waals surface area contributed by atoms with Gasteiger partial charge in [0.2, 0.25) is 5.82 Å². The third-order valence-corrected chi connectivity index (χ3v) is 5.73. The van der Waals surface area contributed by atoms with E-state index in [2.05, 4.69) is 10.1 Å². The molecule has 0 saturated carbocycles. The fourth-order valence-electron chi connectivity index (χ4n) is 3.24. The minimum atomic E-state index is -1.41. The summed E-state index contributed by atoms with van der Waals surface area (Å²) in [6.45, 7) is 8.43. The summed E-state index contributed by atoms with van der Waals surface area (Å²) < 4.78 is 42.3. The number of amides is 1. The highest BCUT2D eigenvalue weighted by Crippen LogP contribution is 2.27. The van der Waals surface area contributed by atoms with Crippen LogP contribution in [0.5, 0.6) is 0 Å². The van der Waals surface area contributed by atoms with Crippen LogP contribution in [0.15, 0.2) is 27.6 Å². The molecule has 2 atom stereocenters. The lowest BCUT2D eigenvalue weighted by molar-refractivity contribution is -0.0509. The molecule has 0 bridgehead atoms. The van der Waals surface area contributed by atoms with Crippen LogP contribution in [0.3, 0.4) is 0 Å². The van der Waals surface area contributed by atoms with E-state index in [0.717, 1.165) is 0 Å². The molecule has 1 aromatic carbocycles. The molecule has 3 rings (SSSR count). The van der Waals surface area contributed by atoms with Crippen LogP contribution in [0.4, 0.5) is 9.18 Å². The average molecular weight is 454 g/mol. The number of nitrogens with zero attached hydrogens (tertiary/aromatic N) is 3. The first-order valence-electron chi connectivity index (χ1n) is 10.1. The van der Waals surface area contributed by atoms with Crippen LogP contribution in [0.25, 0.3) is 11.4 Å². The molecule has 1 aromatic heterocycles. The Bertz CT molecular complexity index is 907. The van der Waals surface area contributed by atoms with E-state index >= 15 is 0 Å². The molecular weight excluding hydrogens is 425 g/mol. The summed E-state index contributed by atoms with van der Waals surface area (Å²) in [6.07, 6.45) is 1.94. The second kappa shape index (κ2) is 9.54. The fourth-order valence-corrected chi connectivity index (χ4v) is 3.83. The van der Waals surface area contributed by atoms with Gasteiger partial charge in [-0.1, -0.05) is 5.16 Å². The van der Waals surface area contributed by atoms with Crippen LogP contribution in [-0.4, -0.2) is 56.7 Å². The molecule has 2 heterocycles. The van der Waals surface area contributed by atoms with Gasteiger partial charge in [0.05, 0.1) is 6.10 Å². The van der Waals surface area contributed by atoms with Gasteiger partial charge in [-0.15, -0.1) is 0 Å². The molecule has 8 nitrogen and oxygen atoms in total. The number of benzene rings is 1. The van der Waals surface area contributed by atoms with Gasteiger partial charge in [-0.05, 0) is 69.9 Å². The Morgan fingerprint density at radius 1 is 1.35 bits per heavy atom. The van der Waals surface area contributed by atoms with Crippen molar-refractivity contribution in [3.63, 3.8) is 0 Å². The molecule has 10 heteroatoms. The minimum absolute atomic E-state index is 0.0553. The van der Waals surface area contributed by atoms with Gasteiger partial charge < -0.3 is 23.4 Å². The normalized spacial score (nSPS) is 17.5. The zero-order valence-electron chi connectivity index (χ0n) is 18.4. The smallest absolute Gasteiger partial charge is 0.410 e. The van der Waals surface area contributed by atoms with E-state index in [1.807, 2.05) is 20.8 Å². The number of carbonyl (C=O) groups excluding carboxylic acids is 1. The summed E-state index contributed by atoms with van der Waals surface area (Å²) in [5, 5.41) is 3.91. The van der Waals surface area contributed by atoms with Gasteiger partial charge in [0, 0.05) is 18.7 Å². The predicted molar refractivity (Wildman–Crippen MR) is 112 cm³/mol. The SMILES string of the molecule is CC(OC1CCN(C(=O)OC(C)(C)C)CC1)c1nc(-c2ccc([S+](C)[O-])c(F)c2)no1. The Hall–Kier alpha value is -2.17. The van der Waals surface area contributed by atoms with E-state index in [4.69, 9.17) is 14.0 Å². The summed E-state index contributed by atoms with van der Waals surface area (Å²) >= 11 is -1.41. The molecule has 0 radical (unpaired) electrons. The number of halogens is 1. The number of carbonyl (C=O) groups is 1. The molecule has 1 fully saturated rings. The maximum absolute atomic E-state index is 14.1. The molecule has 2 unspecified atom stereocenters. The fraction of sp³-hybridized carbons (Fsp3) is 0.571. The molecule has 1 amide bonds. The zero-order chi connectivity index (χ0) is 22.8. The van der Waals surface area contributed by atoms with Crippen LogP contribution >= 0.6 is 0 Å². The van der Waals surface area contributed by atoms with Crippen molar-refractivity contribution >= 4 is 17.3 Å². The summed E-state index contributed by atoms with van der Waals surface area (Å²) in [7, 11) is 0. The third kappa shape index (κ3) is 6.18.